The number of amidine groups is 1. The molecule has 8 heteroatoms. The van der Waals surface area contributed by atoms with Gasteiger partial charge < -0.3 is 20.4 Å². The molecule has 0 bridgehead atoms. The predicted molar refractivity (Wildman–Crippen MR) is 92.8 cm³/mol. The lowest BCUT2D eigenvalue weighted by atomic mass is 10.1. The number of ether oxygens (including phenoxy) is 2. The van der Waals surface area contributed by atoms with Crippen LogP contribution in [0.5, 0.6) is 0 Å². The Morgan fingerprint density at radius 3 is 2.00 bits per heavy atom. The fraction of sp³-hybridized carbons (Fsp3) is 0.111. The minimum atomic E-state index is -0.461. The SMILES string of the molecule is COC(=O)c1cccc(C#N)c1.COC(=O)c1cccc(C(N)=NO)c1. The van der Waals surface area contributed by atoms with Crippen molar-refractivity contribution in [2.75, 3.05) is 14.2 Å². The van der Waals surface area contributed by atoms with Crippen LogP contribution in [0.1, 0.15) is 31.8 Å². The van der Waals surface area contributed by atoms with Crippen molar-refractivity contribution in [1.82, 2.24) is 0 Å². The second-order valence-electron chi connectivity index (χ2n) is 4.74. The first-order valence-corrected chi connectivity index (χ1v) is 7.21. The number of nitrogens with zero attached hydrogens (tertiary/aromatic N) is 2. The lowest BCUT2D eigenvalue weighted by Crippen LogP contribution is -2.14. The summed E-state index contributed by atoms with van der Waals surface area (Å²) in [6, 6.07) is 14.6. The molecule has 2 aromatic carbocycles. The van der Waals surface area contributed by atoms with E-state index in [0.717, 1.165) is 0 Å². The van der Waals surface area contributed by atoms with E-state index < -0.39 is 11.9 Å². The summed E-state index contributed by atoms with van der Waals surface area (Å²) < 4.78 is 9.01. The van der Waals surface area contributed by atoms with E-state index in [4.69, 9.17) is 16.2 Å². The molecule has 0 heterocycles. The Bertz CT molecular complexity index is 856. The largest absolute Gasteiger partial charge is 0.465 e. The number of carbonyl (C=O) groups is 2. The van der Waals surface area contributed by atoms with Gasteiger partial charge in [-0.05, 0) is 30.3 Å². The fourth-order valence-electron chi connectivity index (χ4n) is 1.81. The molecule has 2 aromatic rings. The average Bonchev–Trinajstić information content (AvgIpc) is 2.72. The number of oxime groups is 1. The van der Waals surface area contributed by atoms with Crippen LogP contribution in [0.25, 0.3) is 0 Å². The molecule has 134 valence electrons. The Morgan fingerprint density at radius 2 is 1.50 bits per heavy atom. The Balaban J connectivity index is 0.000000263. The lowest BCUT2D eigenvalue weighted by molar-refractivity contribution is 0.0592. The molecule has 8 nitrogen and oxygen atoms in total. The Morgan fingerprint density at radius 1 is 1.00 bits per heavy atom. The first-order chi connectivity index (χ1) is 12.5. The summed E-state index contributed by atoms with van der Waals surface area (Å²) in [4.78, 5) is 22.1. The zero-order valence-electron chi connectivity index (χ0n) is 14.2. The molecule has 26 heavy (non-hydrogen) atoms. The molecule has 0 aliphatic heterocycles. The van der Waals surface area contributed by atoms with Crippen LogP contribution in [0.2, 0.25) is 0 Å². The molecular weight excluding hydrogens is 338 g/mol. The molecule has 2 rings (SSSR count). The zero-order chi connectivity index (χ0) is 19.5. The third kappa shape index (κ3) is 5.65. The lowest BCUT2D eigenvalue weighted by Gasteiger charge is -2.01. The Kier molecular flexibility index (Phi) is 7.84. The highest BCUT2D eigenvalue weighted by Crippen LogP contribution is 2.06. The number of esters is 2. The monoisotopic (exact) mass is 355 g/mol. The van der Waals surface area contributed by atoms with Crippen LogP contribution in [-0.4, -0.2) is 37.2 Å². The van der Waals surface area contributed by atoms with Crippen molar-refractivity contribution in [2.24, 2.45) is 10.9 Å². The highest BCUT2D eigenvalue weighted by molar-refractivity contribution is 5.99. The molecule has 0 spiro atoms. The van der Waals surface area contributed by atoms with E-state index in [1.807, 2.05) is 6.07 Å². The highest BCUT2D eigenvalue weighted by atomic mass is 16.5. The number of benzene rings is 2. The molecule has 0 saturated carbocycles. The molecular formula is C18H17N3O5. The Labute approximate surface area is 150 Å². The van der Waals surface area contributed by atoms with E-state index in [0.29, 0.717) is 22.3 Å². The third-order valence-electron chi connectivity index (χ3n) is 3.10. The van der Waals surface area contributed by atoms with Crippen LogP contribution in [-0.2, 0) is 9.47 Å². The van der Waals surface area contributed by atoms with Crippen LogP contribution in [0.3, 0.4) is 0 Å². The molecule has 3 N–H and O–H groups in total. The van der Waals surface area contributed by atoms with Gasteiger partial charge in [-0.2, -0.15) is 5.26 Å². The summed E-state index contributed by atoms with van der Waals surface area (Å²) in [5, 5.41) is 19.8. The molecule has 0 amide bonds. The molecule has 0 aromatic heterocycles. The van der Waals surface area contributed by atoms with Gasteiger partial charge in [-0.1, -0.05) is 23.4 Å². The Hall–Kier alpha value is -3.86. The van der Waals surface area contributed by atoms with Gasteiger partial charge in [0.25, 0.3) is 0 Å². The normalized spacial score (nSPS) is 9.96. The molecule has 0 radical (unpaired) electrons. The molecule has 0 unspecified atom stereocenters. The van der Waals surface area contributed by atoms with E-state index in [1.165, 1.54) is 26.4 Å². The van der Waals surface area contributed by atoms with E-state index in [-0.39, 0.29) is 5.84 Å². The topological polar surface area (TPSA) is 135 Å². The highest BCUT2D eigenvalue weighted by Gasteiger charge is 2.07. The number of nitrogens with two attached hydrogens (primary N) is 1. The summed E-state index contributed by atoms with van der Waals surface area (Å²) >= 11 is 0. The second-order valence-corrected chi connectivity index (χ2v) is 4.74. The number of hydrogen-bond acceptors (Lipinski definition) is 7. The van der Waals surface area contributed by atoms with E-state index in [1.54, 1.807) is 36.4 Å². The fourth-order valence-corrected chi connectivity index (χ4v) is 1.81. The average molecular weight is 355 g/mol. The van der Waals surface area contributed by atoms with Gasteiger partial charge in [0.1, 0.15) is 0 Å². The van der Waals surface area contributed by atoms with Gasteiger partial charge in [0.05, 0.1) is 37.0 Å². The molecule has 0 fully saturated rings. The maximum atomic E-state index is 11.1. The van der Waals surface area contributed by atoms with Gasteiger partial charge in [0.15, 0.2) is 5.84 Å². The smallest absolute Gasteiger partial charge is 0.337 e. The minimum absolute atomic E-state index is 0.0456. The van der Waals surface area contributed by atoms with Crippen molar-refractivity contribution < 1.29 is 24.3 Å². The molecule has 0 aliphatic rings. The minimum Gasteiger partial charge on any atom is -0.465 e. The number of nitriles is 1. The third-order valence-corrected chi connectivity index (χ3v) is 3.10. The summed E-state index contributed by atoms with van der Waals surface area (Å²) in [7, 11) is 2.60. The van der Waals surface area contributed by atoms with Crippen molar-refractivity contribution in [3.63, 3.8) is 0 Å². The number of hydrogen-bond donors (Lipinski definition) is 2. The van der Waals surface area contributed by atoms with Crippen LogP contribution in [0.15, 0.2) is 53.7 Å². The van der Waals surface area contributed by atoms with E-state index in [2.05, 4.69) is 14.6 Å². The summed E-state index contributed by atoms with van der Waals surface area (Å²) in [6.07, 6.45) is 0. The van der Waals surface area contributed by atoms with Gasteiger partial charge in [-0.15, -0.1) is 0 Å². The summed E-state index contributed by atoms with van der Waals surface area (Å²) in [5.74, 6) is -0.930. The predicted octanol–water partition coefficient (Wildman–Crippen LogP) is 1.91. The van der Waals surface area contributed by atoms with Crippen molar-refractivity contribution in [3.05, 3.63) is 70.8 Å². The number of carbonyl (C=O) groups excluding carboxylic acids is 2. The molecule has 0 saturated heterocycles. The summed E-state index contributed by atoms with van der Waals surface area (Å²) in [5.41, 5.74) is 7.03. The second kappa shape index (κ2) is 10.1. The van der Waals surface area contributed by atoms with Gasteiger partial charge >= 0.3 is 11.9 Å². The van der Waals surface area contributed by atoms with Crippen molar-refractivity contribution >= 4 is 17.8 Å². The van der Waals surface area contributed by atoms with Gasteiger partial charge in [-0.25, -0.2) is 9.59 Å². The maximum absolute atomic E-state index is 11.1. The first kappa shape index (κ1) is 20.2. The van der Waals surface area contributed by atoms with Crippen molar-refractivity contribution in [1.29, 1.82) is 5.26 Å². The van der Waals surface area contributed by atoms with Gasteiger partial charge in [0.2, 0.25) is 0 Å². The van der Waals surface area contributed by atoms with Crippen molar-refractivity contribution in [2.45, 2.75) is 0 Å². The number of methoxy groups -OCH3 is 2. The zero-order valence-corrected chi connectivity index (χ0v) is 14.2. The molecule has 0 atom stereocenters. The van der Waals surface area contributed by atoms with Crippen LogP contribution < -0.4 is 5.73 Å². The van der Waals surface area contributed by atoms with Crippen molar-refractivity contribution in [3.8, 4) is 6.07 Å². The molecule has 0 aliphatic carbocycles. The van der Waals surface area contributed by atoms with Crippen LogP contribution >= 0.6 is 0 Å². The van der Waals surface area contributed by atoms with Gasteiger partial charge in [-0.3, -0.25) is 0 Å². The quantitative estimate of drug-likeness (QED) is 0.282. The summed E-state index contributed by atoms with van der Waals surface area (Å²) in [6.45, 7) is 0. The van der Waals surface area contributed by atoms with Gasteiger partial charge in [0, 0.05) is 5.56 Å². The maximum Gasteiger partial charge on any atom is 0.337 e. The van der Waals surface area contributed by atoms with Crippen LogP contribution in [0.4, 0.5) is 0 Å². The van der Waals surface area contributed by atoms with E-state index >= 15 is 0 Å². The standard InChI is InChI=1S/C9H10N2O3.C9H7NO2/c1-14-9(12)7-4-2-3-6(5-7)8(10)11-13;1-12-9(11)8-4-2-3-7(5-8)6-10/h2-5,13H,1H3,(H2,10,11);2-5H,1H3. The van der Waals surface area contributed by atoms with E-state index in [9.17, 15) is 9.59 Å². The van der Waals surface area contributed by atoms with Crippen LogP contribution in [0, 0.1) is 11.3 Å². The number of rotatable bonds is 3. The first-order valence-electron chi connectivity index (χ1n) is 7.21.